The van der Waals surface area contributed by atoms with Crippen LogP contribution in [0.4, 0.5) is 11.6 Å². The predicted octanol–water partition coefficient (Wildman–Crippen LogP) is 3.62. The van der Waals surface area contributed by atoms with E-state index in [0.717, 1.165) is 11.4 Å². The van der Waals surface area contributed by atoms with Gasteiger partial charge in [-0.3, -0.25) is 4.79 Å². The lowest BCUT2D eigenvalue weighted by atomic mass is 9.95. The first-order chi connectivity index (χ1) is 15.8. The molecule has 0 aliphatic carbocycles. The quantitative estimate of drug-likeness (QED) is 0.593. The van der Waals surface area contributed by atoms with Crippen molar-refractivity contribution in [3.8, 4) is 5.75 Å². The largest absolute Gasteiger partial charge is 0.497 e. The minimum absolute atomic E-state index is 0.201. The molecule has 1 aliphatic rings. The van der Waals surface area contributed by atoms with Crippen LogP contribution in [0.5, 0.6) is 5.75 Å². The van der Waals surface area contributed by atoms with Crippen LogP contribution in [0.3, 0.4) is 0 Å². The van der Waals surface area contributed by atoms with E-state index < -0.39 is 5.60 Å². The molecule has 2 aromatic heterocycles. The zero-order valence-corrected chi connectivity index (χ0v) is 19.2. The van der Waals surface area contributed by atoms with Gasteiger partial charge in [0.1, 0.15) is 22.6 Å². The standard InChI is InChI=1S/C24H28N6O3/c1-5-20-24(3,32)13-7-6-8-14-29-22(31)19-15-25-23(28-21(19)30(29)16(2)26-20)27-17-9-11-18(33-4)12-10-17/h5-6,8-12,15,32H,7,13-14H2,1-4H3,(H,25,27,28)/b8-6-,20-5-,26-16+/t24-/m0/s1. The Balaban J connectivity index is 1.85. The molecule has 0 spiro atoms. The van der Waals surface area contributed by atoms with Crippen LogP contribution < -0.4 is 15.6 Å². The van der Waals surface area contributed by atoms with Gasteiger partial charge in [-0.05, 0) is 57.9 Å². The van der Waals surface area contributed by atoms with Crippen LogP contribution >= 0.6 is 0 Å². The maximum atomic E-state index is 13.2. The number of methoxy groups -OCH3 is 1. The van der Waals surface area contributed by atoms with Gasteiger partial charge in [-0.1, -0.05) is 18.2 Å². The molecule has 3 heterocycles. The Kier molecular flexibility index (Phi) is 6.15. The number of rotatable bonds is 3. The van der Waals surface area contributed by atoms with Gasteiger partial charge >= 0.3 is 0 Å². The molecule has 1 aromatic carbocycles. The fourth-order valence-corrected chi connectivity index (χ4v) is 3.89. The van der Waals surface area contributed by atoms with Crippen molar-refractivity contribution < 1.29 is 9.84 Å². The van der Waals surface area contributed by atoms with Crippen LogP contribution in [-0.2, 0) is 6.54 Å². The van der Waals surface area contributed by atoms with E-state index in [1.54, 1.807) is 36.4 Å². The molecule has 9 nitrogen and oxygen atoms in total. The molecule has 0 saturated heterocycles. The highest BCUT2D eigenvalue weighted by Crippen LogP contribution is 2.25. The number of hydrogen-bond donors (Lipinski definition) is 2. The lowest BCUT2D eigenvalue weighted by Crippen LogP contribution is -2.29. The van der Waals surface area contributed by atoms with Crippen LogP contribution in [0.25, 0.3) is 11.0 Å². The van der Waals surface area contributed by atoms with Crippen LogP contribution in [0.15, 0.2) is 64.2 Å². The fourth-order valence-electron chi connectivity index (χ4n) is 3.89. The number of nitrogens with one attached hydrogen (secondary N) is 1. The number of hydrogen-bond acceptors (Lipinski definition) is 7. The van der Waals surface area contributed by atoms with Gasteiger partial charge in [0, 0.05) is 11.9 Å². The normalized spacial score (nSPS) is 22.8. The van der Waals surface area contributed by atoms with Crippen molar-refractivity contribution in [3.63, 3.8) is 0 Å². The average Bonchev–Trinajstić information content (AvgIpc) is 3.07. The topological polar surface area (TPSA) is 107 Å². The highest BCUT2D eigenvalue weighted by molar-refractivity contribution is 5.91. The molecule has 9 heteroatoms. The lowest BCUT2D eigenvalue weighted by Gasteiger charge is -2.23. The molecule has 3 aromatic rings. The van der Waals surface area contributed by atoms with Gasteiger partial charge < -0.3 is 15.2 Å². The fraction of sp³-hybridized carbons (Fsp3) is 0.333. The van der Waals surface area contributed by atoms with E-state index in [2.05, 4.69) is 15.3 Å². The van der Waals surface area contributed by atoms with E-state index in [0.29, 0.717) is 47.9 Å². The molecule has 172 valence electrons. The summed E-state index contributed by atoms with van der Waals surface area (Å²) >= 11 is 0. The molecule has 33 heavy (non-hydrogen) atoms. The third-order valence-corrected chi connectivity index (χ3v) is 5.68. The Morgan fingerprint density at radius 1 is 1.24 bits per heavy atom. The smallest absolute Gasteiger partial charge is 0.278 e. The Morgan fingerprint density at radius 3 is 2.70 bits per heavy atom. The molecule has 1 aliphatic heterocycles. The molecule has 0 bridgehead atoms. The van der Waals surface area contributed by atoms with E-state index in [1.165, 1.54) is 6.20 Å². The highest BCUT2D eigenvalue weighted by atomic mass is 16.5. The highest BCUT2D eigenvalue weighted by Gasteiger charge is 2.26. The van der Waals surface area contributed by atoms with Gasteiger partial charge in [-0.2, -0.15) is 4.98 Å². The Labute approximate surface area is 191 Å². The van der Waals surface area contributed by atoms with Crippen molar-refractivity contribution in [2.24, 2.45) is 4.99 Å². The van der Waals surface area contributed by atoms with Crippen LogP contribution in [-0.4, -0.2) is 43.0 Å². The van der Waals surface area contributed by atoms with Crippen molar-refractivity contribution in [2.75, 3.05) is 12.4 Å². The summed E-state index contributed by atoms with van der Waals surface area (Å²) in [5, 5.41) is 14.5. The molecular weight excluding hydrogens is 420 g/mol. The maximum absolute atomic E-state index is 13.2. The summed E-state index contributed by atoms with van der Waals surface area (Å²) in [5.41, 5.74) is 0.481. The second kappa shape index (κ2) is 9.03. The average molecular weight is 449 g/mol. The number of aliphatic hydroxyl groups is 1. The Bertz CT molecular complexity index is 1310. The first-order valence-corrected chi connectivity index (χ1v) is 10.8. The van der Waals surface area contributed by atoms with Crippen molar-refractivity contribution in [2.45, 2.75) is 45.8 Å². The lowest BCUT2D eigenvalue weighted by molar-refractivity contribution is 0.0886. The summed E-state index contributed by atoms with van der Waals surface area (Å²) < 4.78 is 8.47. The first-order valence-electron chi connectivity index (χ1n) is 10.8. The molecule has 0 saturated carbocycles. The van der Waals surface area contributed by atoms with Crippen LogP contribution in [0.1, 0.15) is 33.6 Å². The van der Waals surface area contributed by atoms with Crippen LogP contribution in [0, 0.1) is 0 Å². The van der Waals surface area contributed by atoms with E-state index in [1.807, 2.05) is 43.3 Å². The number of anilines is 2. The zero-order chi connectivity index (χ0) is 23.6. The Hall–Kier alpha value is -3.72. The number of nitrogens with zero attached hydrogens (tertiary/aromatic N) is 5. The predicted molar refractivity (Wildman–Crippen MR) is 129 cm³/mol. The minimum Gasteiger partial charge on any atom is -0.497 e. The van der Waals surface area contributed by atoms with Crippen molar-refractivity contribution >= 4 is 28.5 Å². The first kappa shape index (κ1) is 22.5. The SMILES string of the molecule is C/C=C1\N=C(/C)n2c3nc(Nc4ccc(OC)cc4)ncc3c(=O)n2C/C=C\CC[C@]1(C)O. The number of fused-ring (bicyclic) bond motifs is 3. The third-order valence-electron chi connectivity index (χ3n) is 5.68. The summed E-state index contributed by atoms with van der Waals surface area (Å²) in [5.74, 6) is 1.63. The molecule has 4 rings (SSSR count). The van der Waals surface area contributed by atoms with Gasteiger partial charge in [-0.25, -0.2) is 19.3 Å². The molecule has 2 N–H and O–H groups in total. The summed E-state index contributed by atoms with van der Waals surface area (Å²) in [6.07, 6.45) is 8.42. The van der Waals surface area contributed by atoms with E-state index in [9.17, 15) is 9.90 Å². The molecular formula is C24H28N6O3. The van der Waals surface area contributed by atoms with E-state index in [4.69, 9.17) is 9.73 Å². The minimum atomic E-state index is -1.09. The maximum Gasteiger partial charge on any atom is 0.278 e. The summed E-state index contributed by atoms with van der Waals surface area (Å²) in [6.45, 7) is 5.76. The van der Waals surface area contributed by atoms with Gasteiger partial charge in [-0.15, -0.1) is 0 Å². The number of allylic oxidation sites excluding steroid dienone is 3. The molecule has 1 atom stereocenters. The number of aromatic nitrogens is 4. The summed E-state index contributed by atoms with van der Waals surface area (Å²) in [7, 11) is 1.61. The monoisotopic (exact) mass is 448 g/mol. The number of benzene rings is 1. The summed E-state index contributed by atoms with van der Waals surface area (Å²) in [4.78, 5) is 26.8. The van der Waals surface area contributed by atoms with Crippen molar-refractivity contribution in [1.82, 2.24) is 19.3 Å². The van der Waals surface area contributed by atoms with E-state index >= 15 is 0 Å². The van der Waals surface area contributed by atoms with Crippen molar-refractivity contribution in [3.05, 3.63) is 64.7 Å². The van der Waals surface area contributed by atoms with E-state index in [-0.39, 0.29) is 5.56 Å². The Morgan fingerprint density at radius 2 is 2.00 bits per heavy atom. The molecule has 0 fully saturated rings. The van der Waals surface area contributed by atoms with Gasteiger partial charge in [0.2, 0.25) is 5.95 Å². The molecule has 0 unspecified atom stereocenters. The second-order valence-electron chi connectivity index (χ2n) is 8.10. The van der Waals surface area contributed by atoms with Gasteiger partial charge in [0.05, 0.1) is 19.4 Å². The summed E-state index contributed by atoms with van der Waals surface area (Å²) in [6, 6.07) is 7.39. The molecule has 0 radical (unpaired) electrons. The third kappa shape index (κ3) is 4.45. The number of ether oxygens (including phenoxy) is 1. The van der Waals surface area contributed by atoms with Gasteiger partial charge in [0.15, 0.2) is 5.65 Å². The number of aliphatic imine (C=N–C) groups is 1. The molecule has 0 amide bonds. The van der Waals surface area contributed by atoms with Crippen LogP contribution in [0.2, 0.25) is 0 Å². The second-order valence-corrected chi connectivity index (χ2v) is 8.10. The van der Waals surface area contributed by atoms with Crippen molar-refractivity contribution in [1.29, 1.82) is 0 Å². The van der Waals surface area contributed by atoms with Gasteiger partial charge in [0.25, 0.3) is 5.56 Å². The zero-order valence-electron chi connectivity index (χ0n) is 19.2.